The molecule has 0 aliphatic heterocycles. The number of nitrogens with zero attached hydrogens (tertiary/aromatic N) is 1. The summed E-state index contributed by atoms with van der Waals surface area (Å²) in [7, 11) is 2.01. The molecule has 0 bridgehead atoms. The summed E-state index contributed by atoms with van der Waals surface area (Å²) in [6, 6.07) is 0. The quantitative estimate of drug-likeness (QED) is 0.351. The minimum atomic E-state index is 0.146. The van der Waals surface area contributed by atoms with Gasteiger partial charge in [0, 0.05) is 17.3 Å². The molecule has 88 valence electrons. The lowest BCUT2D eigenvalue weighted by atomic mass is 9.78. The smallest absolute Gasteiger partial charge is 0.138 e. The van der Waals surface area contributed by atoms with Gasteiger partial charge in [-0.15, -0.1) is 6.58 Å². The van der Waals surface area contributed by atoms with Crippen LogP contribution < -0.4 is 0 Å². The van der Waals surface area contributed by atoms with E-state index in [0.29, 0.717) is 0 Å². The standard InChI is InChI=1S/C14H24BN/c1-6-9-14(5,8-3)13(11-12(4)15)16-10-7-2/h7,10-11H,2,4,6,8-9,15H2,1,3,5H3/b13-11-,16-10-. The van der Waals surface area contributed by atoms with E-state index in [-0.39, 0.29) is 5.41 Å². The average molecular weight is 217 g/mol. The summed E-state index contributed by atoms with van der Waals surface area (Å²) in [6.07, 6.45) is 8.97. The highest BCUT2D eigenvalue weighted by molar-refractivity contribution is 6.23. The van der Waals surface area contributed by atoms with Crippen LogP contribution in [0.4, 0.5) is 0 Å². The molecule has 0 amide bonds. The average Bonchev–Trinajstić information content (AvgIpc) is 2.23. The zero-order valence-corrected chi connectivity index (χ0v) is 11.2. The van der Waals surface area contributed by atoms with Crippen LogP contribution in [0.2, 0.25) is 0 Å². The van der Waals surface area contributed by atoms with Gasteiger partial charge in [-0.05, 0) is 18.9 Å². The fraction of sp³-hybridized carbons (Fsp3) is 0.500. The molecular formula is C14H24BN. The third-order valence-corrected chi connectivity index (χ3v) is 2.90. The first-order valence-corrected chi connectivity index (χ1v) is 6.03. The maximum Gasteiger partial charge on any atom is 0.138 e. The molecule has 1 atom stereocenters. The topological polar surface area (TPSA) is 12.4 Å². The van der Waals surface area contributed by atoms with Gasteiger partial charge in [0.25, 0.3) is 0 Å². The molecule has 0 rings (SSSR count). The molecule has 0 saturated carbocycles. The summed E-state index contributed by atoms with van der Waals surface area (Å²) in [5.74, 6) is 0. The Kier molecular flexibility index (Phi) is 6.79. The highest BCUT2D eigenvalue weighted by Crippen LogP contribution is 2.36. The van der Waals surface area contributed by atoms with Gasteiger partial charge in [0.2, 0.25) is 0 Å². The summed E-state index contributed by atoms with van der Waals surface area (Å²) in [5, 5.41) is 0. The molecule has 0 aromatic heterocycles. The molecule has 0 saturated heterocycles. The van der Waals surface area contributed by atoms with E-state index in [4.69, 9.17) is 0 Å². The van der Waals surface area contributed by atoms with Crippen LogP contribution in [0.3, 0.4) is 0 Å². The monoisotopic (exact) mass is 217 g/mol. The van der Waals surface area contributed by atoms with Crippen LogP contribution in [0.15, 0.2) is 41.5 Å². The molecule has 0 aromatic rings. The maximum atomic E-state index is 4.50. The van der Waals surface area contributed by atoms with Gasteiger partial charge in [-0.1, -0.05) is 45.3 Å². The van der Waals surface area contributed by atoms with Crippen LogP contribution in [0.25, 0.3) is 0 Å². The van der Waals surface area contributed by atoms with E-state index < -0.39 is 0 Å². The molecule has 16 heavy (non-hydrogen) atoms. The lowest BCUT2D eigenvalue weighted by Crippen LogP contribution is -2.17. The SMILES string of the molecule is BC(=C)/C=C(\N=C/C=C)C(C)(CC)CCC. The Morgan fingerprint density at radius 2 is 2.06 bits per heavy atom. The van der Waals surface area contributed by atoms with Gasteiger partial charge in [-0.25, -0.2) is 0 Å². The number of allylic oxidation sites excluding steroid dienone is 4. The number of rotatable bonds is 7. The van der Waals surface area contributed by atoms with Crippen LogP contribution in [0.1, 0.15) is 40.0 Å². The second kappa shape index (κ2) is 7.26. The Balaban J connectivity index is 5.20. The Morgan fingerprint density at radius 3 is 2.44 bits per heavy atom. The van der Waals surface area contributed by atoms with Crippen molar-refractivity contribution in [1.82, 2.24) is 0 Å². The molecule has 0 spiro atoms. The predicted molar refractivity (Wildman–Crippen MR) is 77.8 cm³/mol. The first-order valence-electron chi connectivity index (χ1n) is 6.03. The highest BCUT2D eigenvalue weighted by atomic mass is 14.8. The van der Waals surface area contributed by atoms with Crippen molar-refractivity contribution < 1.29 is 0 Å². The molecule has 1 nitrogen and oxygen atoms in total. The lowest BCUT2D eigenvalue weighted by molar-refractivity contribution is 0.344. The Morgan fingerprint density at radius 1 is 1.44 bits per heavy atom. The molecule has 0 radical (unpaired) electrons. The van der Waals surface area contributed by atoms with Crippen LogP contribution in [-0.2, 0) is 0 Å². The van der Waals surface area contributed by atoms with Crippen molar-refractivity contribution in [3.63, 3.8) is 0 Å². The van der Waals surface area contributed by atoms with Crippen molar-refractivity contribution >= 4 is 14.1 Å². The molecule has 0 fully saturated rings. The zero-order chi connectivity index (χ0) is 12.6. The lowest BCUT2D eigenvalue weighted by Gasteiger charge is -2.28. The molecule has 0 aromatic carbocycles. The third-order valence-electron chi connectivity index (χ3n) is 2.90. The van der Waals surface area contributed by atoms with Crippen molar-refractivity contribution in [2.75, 3.05) is 0 Å². The number of hydrogen-bond donors (Lipinski definition) is 0. The molecule has 0 N–H and O–H groups in total. The number of aliphatic imine (C=N–C) groups is 1. The van der Waals surface area contributed by atoms with Gasteiger partial charge in [0.15, 0.2) is 0 Å². The number of hydrogen-bond acceptors (Lipinski definition) is 1. The maximum absolute atomic E-state index is 4.50. The summed E-state index contributed by atoms with van der Waals surface area (Å²) < 4.78 is 0. The third kappa shape index (κ3) is 4.65. The Bertz CT molecular complexity index is 302. The van der Waals surface area contributed by atoms with E-state index in [9.17, 15) is 0 Å². The van der Waals surface area contributed by atoms with Gasteiger partial charge >= 0.3 is 0 Å². The Hall–Kier alpha value is -1.05. The van der Waals surface area contributed by atoms with E-state index in [1.807, 2.05) is 7.85 Å². The van der Waals surface area contributed by atoms with Gasteiger partial charge in [-0.3, -0.25) is 4.99 Å². The first-order chi connectivity index (χ1) is 7.50. The normalized spacial score (nSPS) is 16.1. The van der Waals surface area contributed by atoms with E-state index in [1.165, 1.54) is 6.42 Å². The van der Waals surface area contributed by atoms with Crippen LogP contribution in [0.5, 0.6) is 0 Å². The van der Waals surface area contributed by atoms with Crippen molar-refractivity contribution in [1.29, 1.82) is 0 Å². The van der Waals surface area contributed by atoms with Crippen molar-refractivity contribution in [2.45, 2.75) is 40.0 Å². The van der Waals surface area contributed by atoms with Gasteiger partial charge < -0.3 is 0 Å². The predicted octanol–water partition coefficient (Wildman–Crippen LogP) is 3.49. The van der Waals surface area contributed by atoms with Crippen molar-refractivity contribution in [2.24, 2.45) is 10.4 Å². The Labute approximate surface area is 101 Å². The van der Waals surface area contributed by atoms with Crippen LogP contribution >= 0.6 is 0 Å². The van der Waals surface area contributed by atoms with Crippen LogP contribution in [0, 0.1) is 5.41 Å². The zero-order valence-electron chi connectivity index (χ0n) is 11.2. The minimum absolute atomic E-state index is 0.146. The summed E-state index contributed by atoms with van der Waals surface area (Å²) in [6.45, 7) is 14.3. The van der Waals surface area contributed by atoms with Gasteiger partial charge in [-0.2, -0.15) is 0 Å². The molecule has 0 aliphatic rings. The molecule has 1 unspecified atom stereocenters. The molecule has 2 heteroatoms. The fourth-order valence-electron chi connectivity index (χ4n) is 1.77. The first kappa shape index (κ1) is 15.0. The molecular weight excluding hydrogens is 193 g/mol. The fourth-order valence-corrected chi connectivity index (χ4v) is 1.77. The van der Waals surface area contributed by atoms with E-state index >= 15 is 0 Å². The second-order valence-corrected chi connectivity index (χ2v) is 4.55. The minimum Gasteiger partial charge on any atom is -0.261 e. The van der Waals surface area contributed by atoms with E-state index in [2.05, 4.69) is 45.0 Å². The highest BCUT2D eigenvalue weighted by Gasteiger charge is 2.25. The van der Waals surface area contributed by atoms with Crippen molar-refractivity contribution in [3.8, 4) is 0 Å². The second-order valence-electron chi connectivity index (χ2n) is 4.55. The van der Waals surface area contributed by atoms with E-state index in [1.54, 1.807) is 12.3 Å². The summed E-state index contributed by atoms with van der Waals surface area (Å²) in [4.78, 5) is 4.50. The van der Waals surface area contributed by atoms with Crippen molar-refractivity contribution in [3.05, 3.63) is 36.5 Å². The van der Waals surface area contributed by atoms with E-state index in [0.717, 1.165) is 24.0 Å². The van der Waals surface area contributed by atoms with Crippen LogP contribution in [-0.4, -0.2) is 14.1 Å². The molecule has 0 aliphatic carbocycles. The van der Waals surface area contributed by atoms with Gasteiger partial charge in [0.1, 0.15) is 7.85 Å². The van der Waals surface area contributed by atoms with Gasteiger partial charge in [0.05, 0.1) is 0 Å². The molecule has 0 heterocycles. The summed E-state index contributed by atoms with van der Waals surface area (Å²) in [5.41, 5.74) is 2.31. The summed E-state index contributed by atoms with van der Waals surface area (Å²) >= 11 is 0. The largest absolute Gasteiger partial charge is 0.261 e.